The van der Waals surface area contributed by atoms with Crippen molar-refractivity contribution in [1.82, 2.24) is 10.2 Å². The molecule has 19 heavy (non-hydrogen) atoms. The maximum atomic E-state index is 11.9. The van der Waals surface area contributed by atoms with E-state index in [-0.39, 0.29) is 6.54 Å². The molecular weight excluding hydrogens is 272 g/mol. The maximum absolute atomic E-state index is 11.9. The molecule has 2 amide bonds. The standard InChI is InChI=1S/C11H20N2O5S/c1-11(2,19(3,17)18)7-12-10(16)13-6-4-5-8(13)9(14)15/h8H,4-7H2,1-3H3,(H,12,16)(H,14,15). The maximum Gasteiger partial charge on any atom is 0.326 e. The second-order valence-electron chi connectivity index (χ2n) is 5.38. The monoisotopic (exact) mass is 292 g/mol. The normalized spacial score (nSPS) is 20.4. The fraction of sp³-hybridized carbons (Fsp3) is 0.818. The highest BCUT2D eigenvalue weighted by Gasteiger charge is 2.36. The van der Waals surface area contributed by atoms with Gasteiger partial charge >= 0.3 is 12.0 Å². The first-order valence-electron chi connectivity index (χ1n) is 6.03. The Balaban J connectivity index is 2.64. The van der Waals surface area contributed by atoms with E-state index in [1.54, 1.807) is 0 Å². The zero-order valence-corrected chi connectivity index (χ0v) is 12.2. The van der Waals surface area contributed by atoms with Crippen molar-refractivity contribution in [2.75, 3.05) is 19.3 Å². The van der Waals surface area contributed by atoms with E-state index in [4.69, 9.17) is 5.11 Å². The molecule has 0 spiro atoms. The van der Waals surface area contributed by atoms with E-state index in [9.17, 15) is 18.0 Å². The van der Waals surface area contributed by atoms with E-state index < -0.39 is 32.6 Å². The molecule has 0 aromatic rings. The number of rotatable bonds is 4. The minimum absolute atomic E-state index is 0.0481. The van der Waals surface area contributed by atoms with E-state index in [1.165, 1.54) is 18.7 Å². The van der Waals surface area contributed by atoms with Crippen LogP contribution in [0, 0.1) is 0 Å². The summed E-state index contributed by atoms with van der Waals surface area (Å²) in [4.78, 5) is 24.1. The van der Waals surface area contributed by atoms with Crippen molar-refractivity contribution in [1.29, 1.82) is 0 Å². The third kappa shape index (κ3) is 3.59. The summed E-state index contributed by atoms with van der Waals surface area (Å²) in [6.07, 6.45) is 2.17. The Labute approximate surface area is 112 Å². The van der Waals surface area contributed by atoms with Crippen LogP contribution in [0.25, 0.3) is 0 Å². The molecule has 0 saturated carbocycles. The number of nitrogens with zero attached hydrogens (tertiary/aromatic N) is 1. The lowest BCUT2D eigenvalue weighted by molar-refractivity contribution is -0.141. The Morgan fingerprint density at radius 1 is 1.42 bits per heavy atom. The highest BCUT2D eigenvalue weighted by Crippen LogP contribution is 2.18. The Bertz CT molecular complexity index is 471. The Morgan fingerprint density at radius 2 is 2.00 bits per heavy atom. The van der Waals surface area contributed by atoms with Crippen LogP contribution in [0.3, 0.4) is 0 Å². The summed E-state index contributed by atoms with van der Waals surface area (Å²) < 4.78 is 21.9. The van der Waals surface area contributed by atoms with Gasteiger partial charge in [-0.3, -0.25) is 0 Å². The summed E-state index contributed by atoms with van der Waals surface area (Å²) in [6, 6.07) is -1.34. The first kappa shape index (κ1) is 15.7. The molecule has 110 valence electrons. The lowest BCUT2D eigenvalue weighted by Crippen LogP contribution is -2.50. The van der Waals surface area contributed by atoms with E-state index >= 15 is 0 Å². The molecule has 1 aliphatic heterocycles. The summed E-state index contributed by atoms with van der Waals surface area (Å²) in [6.45, 7) is 3.36. The molecule has 0 aromatic carbocycles. The third-order valence-electron chi connectivity index (χ3n) is 3.47. The number of hydrogen-bond acceptors (Lipinski definition) is 4. The van der Waals surface area contributed by atoms with Crippen LogP contribution in [0.2, 0.25) is 0 Å². The molecule has 0 bridgehead atoms. The molecule has 2 N–H and O–H groups in total. The second-order valence-corrected chi connectivity index (χ2v) is 8.03. The number of carbonyl (C=O) groups excluding carboxylic acids is 1. The van der Waals surface area contributed by atoms with Gasteiger partial charge in [-0.1, -0.05) is 0 Å². The smallest absolute Gasteiger partial charge is 0.326 e. The van der Waals surface area contributed by atoms with Crippen molar-refractivity contribution in [2.45, 2.75) is 37.5 Å². The SMILES string of the molecule is CC(C)(CNC(=O)N1CCCC1C(=O)O)S(C)(=O)=O. The van der Waals surface area contributed by atoms with Crippen LogP contribution in [-0.2, 0) is 14.6 Å². The van der Waals surface area contributed by atoms with Crippen molar-refractivity contribution in [2.24, 2.45) is 0 Å². The van der Waals surface area contributed by atoms with Gasteiger partial charge in [0.1, 0.15) is 6.04 Å². The first-order valence-corrected chi connectivity index (χ1v) is 7.92. The average Bonchev–Trinajstić information content (AvgIpc) is 2.73. The van der Waals surface area contributed by atoms with Crippen molar-refractivity contribution in [3.63, 3.8) is 0 Å². The van der Waals surface area contributed by atoms with Crippen LogP contribution >= 0.6 is 0 Å². The number of urea groups is 1. The number of aliphatic carboxylic acids is 1. The number of nitrogens with one attached hydrogen (secondary N) is 1. The number of sulfone groups is 1. The zero-order chi connectivity index (χ0) is 14.8. The van der Waals surface area contributed by atoms with Crippen LogP contribution in [0.15, 0.2) is 0 Å². The molecule has 1 fully saturated rings. The minimum atomic E-state index is -3.30. The molecule has 0 aliphatic carbocycles. The van der Waals surface area contributed by atoms with Crippen LogP contribution in [-0.4, -0.2) is 60.6 Å². The van der Waals surface area contributed by atoms with E-state index in [2.05, 4.69) is 5.32 Å². The summed E-state index contributed by atoms with van der Waals surface area (Å²) in [5, 5.41) is 11.5. The van der Waals surface area contributed by atoms with Gasteiger partial charge in [-0.05, 0) is 26.7 Å². The van der Waals surface area contributed by atoms with Gasteiger partial charge < -0.3 is 15.3 Å². The Kier molecular flexibility index (Phi) is 4.44. The van der Waals surface area contributed by atoms with Crippen molar-refractivity contribution < 1.29 is 23.1 Å². The van der Waals surface area contributed by atoms with Crippen molar-refractivity contribution in [3.8, 4) is 0 Å². The van der Waals surface area contributed by atoms with Gasteiger partial charge in [0.15, 0.2) is 9.84 Å². The van der Waals surface area contributed by atoms with Crippen molar-refractivity contribution in [3.05, 3.63) is 0 Å². The minimum Gasteiger partial charge on any atom is -0.480 e. The van der Waals surface area contributed by atoms with Crippen molar-refractivity contribution >= 4 is 21.8 Å². The summed E-state index contributed by atoms with van der Waals surface area (Å²) >= 11 is 0. The van der Waals surface area contributed by atoms with E-state index in [0.717, 1.165) is 6.26 Å². The predicted octanol–water partition coefficient (Wildman–Crippen LogP) is 0.0682. The predicted molar refractivity (Wildman–Crippen MR) is 69.7 cm³/mol. The average molecular weight is 292 g/mol. The summed E-state index contributed by atoms with van der Waals surface area (Å²) in [7, 11) is -3.30. The van der Waals surface area contributed by atoms with Crippen LogP contribution in [0.1, 0.15) is 26.7 Å². The van der Waals surface area contributed by atoms with Gasteiger partial charge in [0.25, 0.3) is 0 Å². The topological polar surface area (TPSA) is 104 Å². The van der Waals surface area contributed by atoms with Gasteiger partial charge in [-0.25, -0.2) is 18.0 Å². The highest BCUT2D eigenvalue weighted by atomic mass is 32.2. The molecule has 1 heterocycles. The van der Waals surface area contributed by atoms with E-state index in [1.807, 2.05) is 0 Å². The van der Waals surface area contributed by atoms with E-state index in [0.29, 0.717) is 19.4 Å². The molecule has 0 radical (unpaired) electrons. The molecule has 8 heteroatoms. The molecule has 7 nitrogen and oxygen atoms in total. The summed E-state index contributed by atoms with van der Waals surface area (Å²) in [5.74, 6) is -1.03. The highest BCUT2D eigenvalue weighted by molar-refractivity contribution is 7.92. The second kappa shape index (κ2) is 5.36. The zero-order valence-electron chi connectivity index (χ0n) is 11.3. The number of amides is 2. The molecular formula is C11H20N2O5S. The molecule has 1 atom stereocenters. The lowest BCUT2D eigenvalue weighted by atomic mass is 10.2. The third-order valence-corrected chi connectivity index (χ3v) is 5.62. The Hall–Kier alpha value is -1.31. The molecule has 1 aliphatic rings. The van der Waals surface area contributed by atoms with Gasteiger partial charge in [0.05, 0.1) is 4.75 Å². The number of hydrogen-bond donors (Lipinski definition) is 2. The van der Waals surface area contributed by atoms with Gasteiger partial charge in [0, 0.05) is 19.3 Å². The molecule has 1 rings (SSSR count). The first-order chi connectivity index (χ1) is 8.56. The lowest BCUT2D eigenvalue weighted by Gasteiger charge is -2.26. The molecule has 1 unspecified atom stereocenters. The van der Waals surface area contributed by atoms with Crippen LogP contribution in [0.4, 0.5) is 4.79 Å². The quantitative estimate of drug-likeness (QED) is 0.763. The molecule has 1 saturated heterocycles. The fourth-order valence-electron chi connectivity index (χ4n) is 1.79. The largest absolute Gasteiger partial charge is 0.480 e. The van der Waals surface area contributed by atoms with Crippen LogP contribution in [0.5, 0.6) is 0 Å². The Morgan fingerprint density at radius 3 is 2.47 bits per heavy atom. The van der Waals surface area contributed by atoms with Gasteiger partial charge in [0.2, 0.25) is 0 Å². The number of carboxylic acids is 1. The van der Waals surface area contributed by atoms with Gasteiger partial charge in [-0.2, -0.15) is 0 Å². The summed E-state index contributed by atoms with van der Waals surface area (Å²) in [5.41, 5.74) is 0. The van der Waals surface area contributed by atoms with Crippen LogP contribution < -0.4 is 5.32 Å². The number of likely N-dealkylation sites (tertiary alicyclic amines) is 1. The van der Waals surface area contributed by atoms with Gasteiger partial charge in [-0.15, -0.1) is 0 Å². The number of carbonyl (C=O) groups is 2. The molecule has 0 aromatic heterocycles. The fourth-order valence-corrected chi connectivity index (χ4v) is 2.12. The number of carboxylic acid groups (broad SMARTS) is 1.